The van der Waals surface area contributed by atoms with E-state index in [1.807, 2.05) is 0 Å². The highest BCUT2D eigenvalue weighted by atomic mass is 19.1. The van der Waals surface area contributed by atoms with Crippen LogP contribution in [0.15, 0.2) is 48.5 Å². The van der Waals surface area contributed by atoms with Crippen LogP contribution in [0.5, 0.6) is 0 Å². The summed E-state index contributed by atoms with van der Waals surface area (Å²) in [6.45, 7) is 0.180. The van der Waals surface area contributed by atoms with Gasteiger partial charge in [0.05, 0.1) is 16.9 Å². The molecule has 3 aromatic rings. The minimum Gasteiger partial charge on any atom is -0.478 e. The summed E-state index contributed by atoms with van der Waals surface area (Å²) in [6, 6.07) is 12.2. The quantitative estimate of drug-likeness (QED) is 0.770. The second-order valence-electron chi connectivity index (χ2n) is 4.86. The topological polar surface area (TPSA) is 94.0 Å². The number of aromatic nitrogens is 3. The first-order valence-corrected chi connectivity index (χ1v) is 6.84. The van der Waals surface area contributed by atoms with E-state index in [0.717, 1.165) is 5.56 Å². The summed E-state index contributed by atoms with van der Waals surface area (Å²) < 4.78 is 14.7. The van der Waals surface area contributed by atoms with Crippen LogP contribution in [0.4, 0.5) is 4.39 Å². The van der Waals surface area contributed by atoms with Gasteiger partial charge in [0.25, 0.3) is 0 Å². The number of hydrogen-bond donors (Lipinski definition) is 2. The van der Waals surface area contributed by atoms with Gasteiger partial charge in [0.2, 0.25) is 0 Å². The van der Waals surface area contributed by atoms with Gasteiger partial charge in [-0.2, -0.15) is 0 Å². The fourth-order valence-corrected chi connectivity index (χ4v) is 2.27. The molecule has 2 aromatic carbocycles. The normalized spacial score (nSPS) is 10.7. The molecule has 0 saturated heterocycles. The molecule has 0 atom stereocenters. The lowest BCUT2D eigenvalue weighted by Crippen LogP contribution is -2.03. The lowest BCUT2D eigenvalue weighted by Gasteiger charge is -2.08. The molecule has 0 bridgehead atoms. The maximum Gasteiger partial charge on any atom is 0.335 e. The molecular formula is C16H13FN4O2. The maximum atomic E-state index is 13.1. The number of benzene rings is 2. The summed E-state index contributed by atoms with van der Waals surface area (Å²) in [5, 5.41) is 17.1. The van der Waals surface area contributed by atoms with E-state index in [0.29, 0.717) is 17.1 Å². The van der Waals surface area contributed by atoms with E-state index < -0.39 is 5.97 Å². The summed E-state index contributed by atoms with van der Waals surface area (Å²) in [7, 11) is 0. The number of carboxylic acid groups (broad SMARTS) is 1. The van der Waals surface area contributed by atoms with Gasteiger partial charge in [-0.3, -0.25) is 0 Å². The van der Waals surface area contributed by atoms with Crippen molar-refractivity contribution in [1.82, 2.24) is 15.0 Å². The molecule has 6 nitrogen and oxygen atoms in total. The monoisotopic (exact) mass is 312 g/mol. The van der Waals surface area contributed by atoms with E-state index >= 15 is 0 Å². The molecule has 1 heterocycles. The van der Waals surface area contributed by atoms with Crippen LogP contribution in [-0.2, 0) is 6.54 Å². The van der Waals surface area contributed by atoms with Crippen LogP contribution < -0.4 is 5.73 Å². The van der Waals surface area contributed by atoms with Crippen molar-refractivity contribution in [3.63, 3.8) is 0 Å². The third-order valence-corrected chi connectivity index (χ3v) is 3.41. The van der Waals surface area contributed by atoms with Crippen LogP contribution >= 0.6 is 0 Å². The van der Waals surface area contributed by atoms with Gasteiger partial charge in [-0.25, -0.2) is 13.9 Å². The Kier molecular flexibility index (Phi) is 3.86. The Balaban J connectivity index is 2.11. The SMILES string of the molecule is NCc1nnn(-c2ccc(C(=O)O)cc2)c1-c1ccc(F)cc1. The number of nitrogens with zero attached hydrogens (tertiary/aromatic N) is 3. The maximum absolute atomic E-state index is 13.1. The number of halogens is 1. The van der Waals surface area contributed by atoms with Crippen LogP contribution in [0, 0.1) is 5.82 Å². The molecule has 0 radical (unpaired) electrons. The highest BCUT2D eigenvalue weighted by Gasteiger charge is 2.15. The third-order valence-electron chi connectivity index (χ3n) is 3.41. The summed E-state index contributed by atoms with van der Waals surface area (Å²) in [6.07, 6.45) is 0. The van der Waals surface area contributed by atoms with Crippen LogP contribution in [0.2, 0.25) is 0 Å². The fraction of sp³-hybridized carbons (Fsp3) is 0.0625. The molecular weight excluding hydrogens is 299 g/mol. The molecule has 23 heavy (non-hydrogen) atoms. The number of hydrogen-bond acceptors (Lipinski definition) is 4. The molecule has 0 fully saturated rings. The second-order valence-corrected chi connectivity index (χ2v) is 4.86. The van der Waals surface area contributed by atoms with E-state index in [1.54, 1.807) is 28.9 Å². The predicted molar refractivity (Wildman–Crippen MR) is 81.6 cm³/mol. The van der Waals surface area contributed by atoms with E-state index in [-0.39, 0.29) is 17.9 Å². The Labute approximate surface area is 131 Å². The molecule has 0 aliphatic rings. The first-order valence-electron chi connectivity index (χ1n) is 6.84. The molecule has 3 rings (SSSR count). The fourth-order valence-electron chi connectivity index (χ4n) is 2.27. The number of carboxylic acids is 1. The van der Waals surface area contributed by atoms with Gasteiger partial charge < -0.3 is 10.8 Å². The van der Waals surface area contributed by atoms with Gasteiger partial charge in [0.1, 0.15) is 11.5 Å². The Morgan fingerprint density at radius 3 is 2.35 bits per heavy atom. The summed E-state index contributed by atoms with van der Waals surface area (Å²) >= 11 is 0. The van der Waals surface area contributed by atoms with E-state index in [9.17, 15) is 9.18 Å². The van der Waals surface area contributed by atoms with Crippen molar-refractivity contribution in [2.75, 3.05) is 0 Å². The predicted octanol–water partition coefficient (Wildman–Crippen LogP) is 2.23. The van der Waals surface area contributed by atoms with Crippen molar-refractivity contribution in [3.8, 4) is 16.9 Å². The Hall–Kier alpha value is -3.06. The summed E-state index contributed by atoms with van der Waals surface area (Å²) in [5.74, 6) is -1.34. The van der Waals surface area contributed by atoms with Crippen molar-refractivity contribution in [2.24, 2.45) is 5.73 Å². The van der Waals surface area contributed by atoms with Gasteiger partial charge in [-0.15, -0.1) is 5.10 Å². The van der Waals surface area contributed by atoms with E-state index in [2.05, 4.69) is 10.3 Å². The number of carbonyl (C=O) groups is 1. The molecule has 0 aliphatic heterocycles. The zero-order chi connectivity index (χ0) is 16.4. The van der Waals surface area contributed by atoms with Crippen LogP contribution in [0.3, 0.4) is 0 Å². The number of rotatable bonds is 4. The molecule has 0 spiro atoms. The van der Waals surface area contributed by atoms with E-state index in [1.165, 1.54) is 24.3 Å². The average Bonchev–Trinajstić information content (AvgIpc) is 2.99. The molecule has 0 amide bonds. The van der Waals surface area contributed by atoms with E-state index in [4.69, 9.17) is 10.8 Å². The van der Waals surface area contributed by atoms with Crippen molar-refractivity contribution < 1.29 is 14.3 Å². The van der Waals surface area contributed by atoms with Crippen molar-refractivity contribution >= 4 is 5.97 Å². The number of aromatic carboxylic acids is 1. The van der Waals surface area contributed by atoms with Crippen molar-refractivity contribution in [1.29, 1.82) is 0 Å². The zero-order valence-electron chi connectivity index (χ0n) is 12.0. The largest absolute Gasteiger partial charge is 0.478 e. The third kappa shape index (κ3) is 2.82. The smallest absolute Gasteiger partial charge is 0.335 e. The Morgan fingerprint density at radius 1 is 1.13 bits per heavy atom. The standard InChI is InChI=1S/C16H13FN4O2/c17-12-5-1-10(2-6-12)15-14(9-18)19-20-21(15)13-7-3-11(4-8-13)16(22)23/h1-8H,9,18H2,(H,22,23). The van der Waals surface area contributed by atoms with Gasteiger partial charge in [0.15, 0.2) is 0 Å². The second kappa shape index (κ2) is 5.98. The molecule has 3 N–H and O–H groups in total. The molecule has 0 saturated carbocycles. The van der Waals surface area contributed by atoms with Crippen LogP contribution in [0.25, 0.3) is 16.9 Å². The van der Waals surface area contributed by atoms with Crippen molar-refractivity contribution in [2.45, 2.75) is 6.54 Å². The lowest BCUT2D eigenvalue weighted by molar-refractivity contribution is 0.0697. The summed E-state index contributed by atoms with van der Waals surface area (Å²) in [4.78, 5) is 10.9. The summed E-state index contributed by atoms with van der Waals surface area (Å²) in [5.41, 5.74) is 8.46. The molecule has 0 unspecified atom stereocenters. The average molecular weight is 312 g/mol. The molecule has 116 valence electrons. The highest BCUT2D eigenvalue weighted by molar-refractivity contribution is 5.87. The minimum atomic E-state index is -1.00. The lowest BCUT2D eigenvalue weighted by atomic mass is 10.1. The van der Waals surface area contributed by atoms with Crippen LogP contribution in [-0.4, -0.2) is 26.1 Å². The molecule has 7 heteroatoms. The minimum absolute atomic E-state index is 0.177. The molecule has 1 aromatic heterocycles. The first-order chi connectivity index (χ1) is 11.1. The number of nitrogens with two attached hydrogens (primary N) is 1. The zero-order valence-corrected chi connectivity index (χ0v) is 12.0. The Morgan fingerprint density at radius 2 is 1.78 bits per heavy atom. The molecule has 0 aliphatic carbocycles. The van der Waals surface area contributed by atoms with Crippen molar-refractivity contribution in [3.05, 3.63) is 65.6 Å². The van der Waals surface area contributed by atoms with Gasteiger partial charge >= 0.3 is 5.97 Å². The Bertz CT molecular complexity index is 842. The van der Waals surface area contributed by atoms with Gasteiger partial charge in [-0.05, 0) is 48.5 Å². The highest BCUT2D eigenvalue weighted by Crippen LogP contribution is 2.25. The first kappa shape index (κ1) is 14.9. The van der Waals surface area contributed by atoms with Gasteiger partial charge in [-0.1, -0.05) is 5.21 Å². The van der Waals surface area contributed by atoms with Gasteiger partial charge in [0, 0.05) is 12.1 Å². The van der Waals surface area contributed by atoms with Crippen LogP contribution in [0.1, 0.15) is 16.1 Å².